The standard InChI is InChI=1S/C20H23F3N2O3S/c1-24-13-5-8-17(15-24)25(14-16-6-3-2-4-7-16)29(26,27)19-11-9-18(10-12-19)28-20(21,22)23/h2-4,6-7,9-12,17H,5,8,13-15H2,1H3. The zero-order chi connectivity index (χ0) is 21.1. The zero-order valence-electron chi connectivity index (χ0n) is 16.0. The topological polar surface area (TPSA) is 49.9 Å². The first-order valence-electron chi connectivity index (χ1n) is 9.25. The smallest absolute Gasteiger partial charge is 0.406 e. The number of likely N-dealkylation sites (tertiary alicyclic amines) is 1. The number of halogens is 3. The lowest BCUT2D eigenvalue weighted by molar-refractivity contribution is -0.274. The van der Waals surface area contributed by atoms with E-state index in [1.54, 1.807) is 0 Å². The number of nitrogens with zero attached hydrogens (tertiary/aromatic N) is 2. The van der Waals surface area contributed by atoms with E-state index in [1.807, 2.05) is 37.4 Å². The molecule has 1 heterocycles. The maximum Gasteiger partial charge on any atom is 0.573 e. The molecule has 0 bridgehead atoms. The molecule has 1 atom stereocenters. The van der Waals surface area contributed by atoms with Gasteiger partial charge in [0.1, 0.15) is 5.75 Å². The molecular formula is C20H23F3N2O3S. The maximum absolute atomic E-state index is 13.4. The Bertz CT molecular complexity index is 903. The van der Waals surface area contributed by atoms with Gasteiger partial charge < -0.3 is 9.64 Å². The number of hydrogen-bond acceptors (Lipinski definition) is 4. The summed E-state index contributed by atoms with van der Waals surface area (Å²) < 4.78 is 69.2. The van der Waals surface area contributed by atoms with Crippen LogP contribution in [0.15, 0.2) is 59.5 Å². The average Bonchev–Trinajstić information content (AvgIpc) is 2.66. The molecule has 158 valence electrons. The Morgan fingerprint density at radius 1 is 1.10 bits per heavy atom. The molecular weight excluding hydrogens is 405 g/mol. The van der Waals surface area contributed by atoms with Crippen molar-refractivity contribution in [3.63, 3.8) is 0 Å². The predicted octanol–water partition coefficient (Wildman–Crippen LogP) is 3.87. The van der Waals surface area contributed by atoms with Crippen molar-refractivity contribution in [2.75, 3.05) is 20.1 Å². The van der Waals surface area contributed by atoms with Crippen LogP contribution in [-0.4, -0.2) is 50.2 Å². The fourth-order valence-corrected chi connectivity index (χ4v) is 5.13. The van der Waals surface area contributed by atoms with Gasteiger partial charge in [-0.2, -0.15) is 4.31 Å². The first-order valence-corrected chi connectivity index (χ1v) is 10.7. The van der Waals surface area contributed by atoms with Crippen molar-refractivity contribution >= 4 is 10.0 Å². The fraction of sp³-hybridized carbons (Fsp3) is 0.400. The van der Waals surface area contributed by atoms with Crippen molar-refractivity contribution in [3.05, 3.63) is 60.2 Å². The van der Waals surface area contributed by atoms with Crippen LogP contribution in [0.4, 0.5) is 13.2 Å². The van der Waals surface area contributed by atoms with E-state index in [2.05, 4.69) is 9.64 Å². The van der Waals surface area contributed by atoms with E-state index in [1.165, 1.54) is 4.31 Å². The summed E-state index contributed by atoms with van der Waals surface area (Å²) in [5.74, 6) is -0.455. The van der Waals surface area contributed by atoms with E-state index in [0.717, 1.165) is 49.2 Å². The summed E-state index contributed by atoms with van der Waals surface area (Å²) in [5.41, 5.74) is 0.848. The molecule has 0 spiro atoms. The lowest BCUT2D eigenvalue weighted by atomic mass is 10.1. The Morgan fingerprint density at radius 3 is 2.34 bits per heavy atom. The number of sulfonamides is 1. The van der Waals surface area contributed by atoms with Crippen molar-refractivity contribution < 1.29 is 26.3 Å². The van der Waals surface area contributed by atoms with Crippen LogP contribution in [0.25, 0.3) is 0 Å². The first-order chi connectivity index (χ1) is 13.6. The minimum Gasteiger partial charge on any atom is -0.406 e. The van der Waals surface area contributed by atoms with Crippen LogP contribution < -0.4 is 4.74 Å². The van der Waals surface area contributed by atoms with Crippen molar-refractivity contribution in [1.29, 1.82) is 0 Å². The summed E-state index contributed by atoms with van der Waals surface area (Å²) in [5, 5.41) is 0. The quantitative estimate of drug-likeness (QED) is 0.701. The number of ether oxygens (including phenoxy) is 1. The Balaban J connectivity index is 1.90. The molecule has 1 saturated heterocycles. The summed E-state index contributed by atoms with van der Waals surface area (Å²) in [4.78, 5) is 2.03. The van der Waals surface area contributed by atoms with Gasteiger partial charge in [0.2, 0.25) is 10.0 Å². The Morgan fingerprint density at radius 2 is 1.76 bits per heavy atom. The third-order valence-corrected chi connectivity index (χ3v) is 6.76. The van der Waals surface area contributed by atoms with Crippen LogP contribution in [0.5, 0.6) is 5.75 Å². The van der Waals surface area contributed by atoms with Gasteiger partial charge in [0.15, 0.2) is 0 Å². The molecule has 0 aliphatic carbocycles. The van der Waals surface area contributed by atoms with Gasteiger partial charge in [-0.1, -0.05) is 30.3 Å². The highest BCUT2D eigenvalue weighted by molar-refractivity contribution is 7.89. The summed E-state index contributed by atoms with van der Waals surface area (Å²) in [6.45, 7) is 1.70. The molecule has 0 saturated carbocycles. The van der Waals surface area contributed by atoms with Gasteiger partial charge in [0.05, 0.1) is 4.90 Å². The van der Waals surface area contributed by atoms with Gasteiger partial charge in [-0.05, 0) is 56.3 Å². The molecule has 1 aliphatic rings. The molecule has 9 heteroatoms. The van der Waals surface area contributed by atoms with E-state index in [4.69, 9.17) is 0 Å². The van der Waals surface area contributed by atoms with Crippen LogP contribution in [0.1, 0.15) is 18.4 Å². The zero-order valence-corrected chi connectivity index (χ0v) is 16.8. The number of alkyl halides is 3. The summed E-state index contributed by atoms with van der Waals surface area (Å²) in [6, 6.07) is 13.4. The maximum atomic E-state index is 13.4. The molecule has 0 radical (unpaired) electrons. The highest BCUT2D eigenvalue weighted by atomic mass is 32.2. The Labute approximate surface area is 168 Å². The second-order valence-corrected chi connectivity index (χ2v) is 9.00. The molecule has 29 heavy (non-hydrogen) atoms. The highest BCUT2D eigenvalue weighted by Crippen LogP contribution is 2.28. The second kappa shape index (κ2) is 8.73. The molecule has 1 fully saturated rings. The van der Waals surface area contributed by atoms with E-state index >= 15 is 0 Å². The molecule has 1 unspecified atom stereocenters. The van der Waals surface area contributed by atoms with Gasteiger partial charge in [0, 0.05) is 19.1 Å². The molecule has 2 aromatic rings. The summed E-state index contributed by atoms with van der Waals surface area (Å²) in [6.07, 6.45) is -3.22. The SMILES string of the molecule is CN1CCCC(N(Cc2ccccc2)S(=O)(=O)c2ccc(OC(F)(F)F)cc2)C1. The normalized spacial score (nSPS) is 18.7. The van der Waals surface area contributed by atoms with E-state index in [9.17, 15) is 21.6 Å². The molecule has 0 N–H and O–H groups in total. The van der Waals surface area contributed by atoms with Crippen LogP contribution in [-0.2, 0) is 16.6 Å². The van der Waals surface area contributed by atoms with E-state index < -0.39 is 22.1 Å². The number of piperidine rings is 1. The van der Waals surface area contributed by atoms with Crippen LogP contribution >= 0.6 is 0 Å². The van der Waals surface area contributed by atoms with Crippen LogP contribution in [0.3, 0.4) is 0 Å². The number of benzene rings is 2. The highest BCUT2D eigenvalue weighted by Gasteiger charge is 2.34. The van der Waals surface area contributed by atoms with Crippen molar-refractivity contribution in [2.24, 2.45) is 0 Å². The largest absolute Gasteiger partial charge is 0.573 e. The third kappa shape index (κ3) is 5.71. The van der Waals surface area contributed by atoms with Gasteiger partial charge in [0.25, 0.3) is 0 Å². The summed E-state index contributed by atoms with van der Waals surface area (Å²) in [7, 11) is -1.97. The molecule has 0 amide bonds. The molecule has 3 rings (SSSR count). The molecule has 2 aromatic carbocycles. The van der Waals surface area contributed by atoms with Gasteiger partial charge in [-0.3, -0.25) is 0 Å². The minimum atomic E-state index is -4.83. The monoisotopic (exact) mass is 428 g/mol. The van der Waals surface area contributed by atoms with Crippen molar-refractivity contribution in [3.8, 4) is 5.75 Å². The van der Waals surface area contributed by atoms with Crippen molar-refractivity contribution in [2.45, 2.75) is 36.7 Å². The minimum absolute atomic E-state index is 0.0591. The number of likely N-dealkylation sites (N-methyl/N-ethyl adjacent to an activating group) is 1. The van der Waals surface area contributed by atoms with Crippen LogP contribution in [0.2, 0.25) is 0 Å². The van der Waals surface area contributed by atoms with Crippen molar-refractivity contribution in [1.82, 2.24) is 9.21 Å². The van der Waals surface area contributed by atoms with E-state index in [-0.39, 0.29) is 17.5 Å². The molecule has 5 nitrogen and oxygen atoms in total. The summed E-state index contributed by atoms with van der Waals surface area (Å²) >= 11 is 0. The number of rotatable bonds is 6. The molecule has 0 aromatic heterocycles. The van der Waals surface area contributed by atoms with Crippen LogP contribution in [0, 0.1) is 0 Å². The first kappa shape index (κ1) is 21.6. The predicted molar refractivity (Wildman–Crippen MR) is 103 cm³/mol. The van der Waals surface area contributed by atoms with Gasteiger partial charge >= 0.3 is 6.36 Å². The molecule has 1 aliphatic heterocycles. The average molecular weight is 428 g/mol. The van der Waals surface area contributed by atoms with Gasteiger partial charge in [-0.15, -0.1) is 13.2 Å². The van der Waals surface area contributed by atoms with E-state index in [0.29, 0.717) is 6.54 Å². The Hall–Kier alpha value is -2.10. The number of hydrogen-bond donors (Lipinski definition) is 0. The van der Waals surface area contributed by atoms with Gasteiger partial charge in [-0.25, -0.2) is 8.42 Å². The Kier molecular flexibility index (Phi) is 6.50. The second-order valence-electron chi connectivity index (χ2n) is 7.11. The lowest BCUT2D eigenvalue weighted by Crippen LogP contribution is -2.48. The fourth-order valence-electron chi connectivity index (χ4n) is 3.50. The third-order valence-electron chi connectivity index (χ3n) is 4.85. The lowest BCUT2D eigenvalue weighted by Gasteiger charge is -2.37.